The highest BCUT2D eigenvalue weighted by molar-refractivity contribution is 6.33. The number of hydrogen-bond donors (Lipinski definition) is 1. The Morgan fingerprint density at radius 1 is 1.22 bits per heavy atom. The number of anilines is 2. The summed E-state index contributed by atoms with van der Waals surface area (Å²) in [5, 5.41) is 3.56. The molecule has 142 valence electrons. The number of nitrogens with zero attached hydrogens (tertiary/aromatic N) is 2. The fourth-order valence-corrected chi connectivity index (χ4v) is 3.63. The topological polar surface area (TPSA) is 52.7 Å². The Morgan fingerprint density at radius 2 is 1.89 bits per heavy atom. The summed E-state index contributed by atoms with van der Waals surface area (Å²) in [6, 6.07) is 17.2. The molecular weight excluding hydrogens is 362 g/mol. The predicted molar refractivity (Wildman–Crippen MR) is 109 cm³/mol. The Hall–Kier alpha value is -2.53. The average Bonchev–Trinajstić information content (AvgIpc) is 3.04. The molecule has 27 heavy (non-hydrogen) atoms. The number of nitrogens with one attached hydrogen (secondary N) is 1. The zero-order valence-corrected chi connectivity index (χ0v) is 16.3. The Labute approximate surface area is 164 Å². The van der Waals surface area contributed by atoms with Crippen molar-refractivity contribution in [2.24, 2.45) is 5.92 Å². The van der Waals surface area contributed by atoms with E-state index < -0.39 is 0 Å². The van der Waals surface area contributed by atoms with Gasteiger partial charge in [-0.15, -0.1) is 0 Å². The molecule has 6 heteroatoms. The standard InChI is InChI=1S/C21H24ClN3O2/c1-15(13-24(2)17-8-4-3-5-9-17)23-21(27)16-12-20(26)25(14-16)19-11-7-6-10-18(19)22/h3-11,15-16H,12-14H2,1-2H3,(H,23,27)/t15-,16+/m0/s1. The number of rotatable bonds is 6. The van der Waals surface area contributed by atoms with Crippen LogP contribution in [0.5, 0.6) is 0 Å². The molecule has 1 heterocycles. The highest BCUT2D eigenvalue weighted by atomic mass is 35.5. The molecule has 0 saturated carbocycles. The zero-order chi connectivity index (χ0) is 19.4. The van der Waals surface area contributed by atoms with Gasteiger partial charge in [0.05, 0.1) is 16.6 Å². The molecule has 2 aromatic carbocycles. The summed E-state index contributed by atoms with van der Waals surface area (Å²) in [7, 11) is 2.00. The van der Waals surface area contributed by atoms with Crippen LogP contribution >= 0.6 is 11.6 Å². The van der Waals surface area contributed by atoms with Gasteiger partial charge in [-0.1, -0.05) is 41.9 Å². The lowest BCUT2D eigenvalue weighted by Gasteiger charge is -2.25. The van der Waals surface area contributed by atoms with Crippen molar-refractivity contribution in [1.29, 1.82) is 0 Å². The smallest absolute Gasteiger partial charge is 0.227 e. The van der Waals surface area contributed by atoms with Crippen molar-refractivity contribution in [3.8, 4) is 0 Å². The van der Waals surface area contributed by atoms with Crippen LogP contribution in [0, 0.1) is 5.92 Å². The van der Waals surface area contributed by atoms with Gasteiger partial charge in [-0.25, -0.2) is 0 Å². The number of benzene rings is 2. The second-order valence-corrected chi connectivity index (χ2v) is 7.39. The van der Waals surface area contributed by atoms with Crippen LogP contribution in [0.3, 0.4) is 0 Å². The minimum absolute atomic E-state index is 0.0350. The van der Waals surface area contributed by atoms with Crippen LogP contribution in [-0.4, -0.2) is 38.0 Å². The van der Waals surface area contributed by atoms with Crippen LogP contribution < -0.4 is 15.1 Å². The fraction of sp³-hybridized carbons (Fsp3) is 0.333. The van der Waals surface area contributed by atoms with Crippen LogP contribution in [-0.2, 0) is 9.59 Å². The van der Waals surface area contributed by atoms with Gasteiger partial charge >= 0.3 is 0 Å². The van der Waals surface area contributed by atoms with Crippen LogP contribution in [0.2, 0.25) is 5.02 Å². The number of carbonyl (C=O) groups excluding carboxylic acids is 2. The van der Waals surface area contributed by atoms with E-state index in [2.05, 4.69) is 10.2 Å². The molecule has 0 aromatic heterocycles. The Morgan fingerprint density at radius 3 is 2.59 bits per heavy atom. The lowest BCUT2D eigenvalue weighted by Crippen LogP contribution is -2.43. The molecule has 0 aliphatic carbocycles. The van der Waals surface area contributed by atoms with E-state index in [1.165, 1.54) is 0 Å². The van der Waals surface area contributed by atoms with Crippen molar-refractivity contribution in [2.45, 2.75) is 19.4 Å². The van der Waals surface area contributed by atoms with E-state index in [-0.39, 0.29) is 30.2 Å². The summed E-state index contributed by atoms with van der Waals surface area (Å²) in [6.45, 7) is 3.01. The van der Waals surface area contributed by atoms with Gasteiger partial charge in [0.1, 0.15) is 0 Å². The van der Waals surface area contributed by atoms with Crippen molar-refractivity contribution in [2.75, 3.05) is 29.9 Å². The molecular formula is C21H24ClN3O2. The van der Waals surface area contributed by atoms with E-state index in [1.807, 2.05) is 56.4 Å². The highest BCUT2D eigenvalue weighted by Crippen LogP contribution is 2.31. The number of likely N-dealkylation sites (N-methyl/N-ethyl adjacent to an activating group) is 1. The van der Waals surface area contributed by atoms with Gasteiger partial charge < -0.3 is 15.1 Å². The molecule has 0 spiro atoms. The lowest BCUT2D eigenvalue weighted by atomic mass is 10.1. The lowest BCUT2D eigenvalue weighted by molar-refractivity contribution is -0.126. The third-order valence-corrected chi connectivity index (χ3v) is 5.09. The third-order valence-electron chi connectivity index (χ3n) is 4.77. The summed E-state index contributed by atoms with van der Waals surface area (Å²) >= 11 is 6.20. The number of halogens is 1. The molecule has 5 nitrogen and oxygen atoms in total. The van der Waals surface area contributed by atoms with Crippen molar-refractivity contribution in [3.05, 3.63) is 59.6 Å². The molecule has 0 bridgehead atoms. The van der Waals surface area contributed by atoms with Crippen LogP contribution in [0.15, 0.2) is 54.6 Å². The van der Waals surface area contributed by atoms with Crippen LogP contribution in [0.4, 0.5) is 11.4 Å². The molecule has 0 unspecified atom stereocenters. The first-order chi connectivity index (χ1) is 13.0. The largest absolute Gasteiger partial charge is 0.373 e. The van der Waals surface area contributed by atoms with Gasteiger partial charge in [0.2, 0.25) is 11.8 Å². The maximum atomic E-state index is 12.6. The third kappa shape index (κ3) is 4.61. The van der Waals surface area contributed by atoms with Gasteiger partial charge in [0, 0.05) is 38.3 Å². The van der Waals surface area contributed by atoms with E-state index in [1.54, 1.807) is 17.0 Å². The quantitative estimate of drug-likeness (QED) is 0.829. The van der Waals surface area contributed by atoms with Gasteiger partial charge in [-0.05, 0) is 31.2 Å². The molecule has 1 aliphatic heterocycles. The molecule has 1 N–H and O–H groups in total. The summed E-state index contributed by atoms with van der Waals surface area (Å²) in [4.78, 5) is 28.7. The summed E-state index contributed by atoms with van der Waals surface area (Å²) in [5.41, 5.74) is 1.76. The molecule has 1 aliphatic rings. The van der Waals surface area contributed by atoms with Crippen LogP contribution in [0.1, 0.15) is 13.3 Å². The summed E-state index contributed by atoms with van der Waals surface area (Å²) < 4.78 is 0. The predicted octanol–water partition coefficient (Wildman–Crippen LogP) is 3.33. The first-order valence-corrected chi connectivity index (χ1v) is 9.45. The second kappa shape index (κ2) is 8.44. The Kier molecular flexibility index (Phi) is 6.01. The Balaban J connectivity index is 1.57. The van der Waals surface area contributed by atoms with Crippen molar-refractivity contribution >= 4 is 34.8 Å². The summed E-state index contributed by atoms with van der Waals surface area (Å²) in [6.07, 6.45) is 0.207. The maximum Gasteiger partial charge on any atom is 0.227 e. The molecule has 3 rings (SSSR count). The van der Waals surface area contributed by atoms with Gasteiger partial charge in [0.25, 0.3) is 0 Å². The van der Waals surface area contributed by atoms with Gasteiger partial charge in [-0.3, -0.25) is 9.59 Å². The minimum Gasteiger partial charge on any atom is -0.373 e. The van der Waals surface area contributed by atoms with E-state index in [0.29, 0.717) is 23.8 Å². The zero-order valence-electron chi connectivity index (χ0n) is 15.6. The van der Waals surface area contributed by atoms with Gasteiger partial charge in [0.15, 0.2) is 0 Å². The highest BCUT2D eigenvalue weighted by Gasteiger charge is 2.36. The summed E-state index contributed by atoms with van der Waals surface area (Å²) in [5.74, 6) is -0.526. The number of amides is 2. The van der Waals surface area contributed by atoms with E-state index in [0.717, 1.165) is 5.69 Å². The first-order valence-electron chi connectivity index (χ1n) is 9.07. The SMILES string of the molecule is C[C@@H](CN(C)c1ccccc1)NC(=O)[C@@H]1CC(=O)N(c2ccccc2Cl)C1. The van der Waals surface area contributed by atoms with E-state index >= 15 is 0 Å². The molecule has 1 fully saturated rings. The maximum absolute atomic E-state index is 12.6. The molecule has 2 amide bonds. The van der Waals surface area contributed by atoms with Crippen LogP contribution in [0.25, 0.3) is 0 Å². The normalized spacial score (nSPS) is 17.7. The van der Waals surface area contributed by atoms with E-state index in [9.17, 15) is 9.59 Å². The van der Waals surface area contributed by atoms with Crippen molar-refractivity contribution in [1.82, 2.24) is 5.32 Å². The molecule has 2 atom stereocenters. The second-order valence-electron chi connectivity index (χ2n) is 6.98. The minimum atomic E-state index is -0.363. The van der Waals surface area contributed by atoms with Crippen molar-refractivity contribution < 1.29 is 9.59 Å². The molecule has 1 saturated heterocycles. The monoisotopic (exact) mass is 385 g/mol. The number of carbonyl (C=O) groups is 2. The van der Waals surface area contributed by atoms with Gasteiger partial charge in [-0.2, -0.15) is 0 Å². The molecule has 0 radical (unpaired) electrons. The number of hydrogen-bond acceptors (Lipinski definition) is 3. The Bertz CT molecular complexity index is 812. The number of para-hydroxylation sites is 2. The fourth-order valence-electron chi connectivity index (χ4n) is 3.39. The average molecular weight is 386 g/mol. The van der Waals surface area contributed by atoms with Crippen molar-refractivity contribution in [3.63, 3.8) is 0 Å². The first kappa shape index (κ1) is 19.2. The van der Waals surface area contributed by atoms with E-state index in [4.69, 9.17) is 11.6 Å². The molecule has 2 aromatic rings.